The van der Waals surface area contributed by atoms with Gasteiger partial charge in [-0.25, -0.2) is 9.18 Å². The van der Waals surface area contributed by atoms with E-state index in [4.69, 9.17) is 0 Å². The predicted octanol–water partition coefficient (Wildman–Crippen LogP) is 3.33. The summed E-state index contributed by atoms with van der Waals surface area (Å²) in [5, 5.41) is 8.14. The van der Waals surface area contributed by atoms with E-state index in [1.807, 2.05) is 32.0 Å². The number of carbonyl (C=O) groups excluding carboxylic acids is 2. The van der Waals surface area contributed by atoms with Gasteiger partial charge in [0.2, 0.25) is 5.91 Å². The zero-order chi connectivity index (χ0) is 18.9. The van der Waals surface area contributed by atoms with Crippen LogP contribution in [0.3, 0.4) is 0 Å². The normalized spacial score (nSPS) is 11.7. The molecule has 0 bridgehead atoms. The van der Waals surface area contributed by atoms with Gasteiger partial charge in [-0.1, -0.05) is 50.2 Å². The van der Waals surface area contributed by atoms with E-state index in [9.17, 15) is 14.0 Å². The lowest BCUT2D eigenvalue weighted by Crippen LogP contribution is -2.51. The summed E-state index contributed by atoms with van der Waals surface area (Å²) in [6.07, 6.45) is 0.388. The van der Waals surface area contributed by atoms with Crippen LogP contribution in [0.25, 0.3) is 0 Å². The molecule has 0 aliphatic carbocycles. The van der Waals surface area contributed by atoms with Gasteiger partial charge in [0.05, 0.1) is 0 Å². The smallest absolute Gasteiger partial charge is 0.319 e. The number of halogens is 1. The Labute approximate surface area is 153 Å². The highest BCUT2D eigenvalue weighted by molar-refractivity contribution is 5.93. The molecule has 0 spiro atoms. The van der Waals surface area contributed by atoms with Gasteiger partial charge in [0, 0.05) is 12.2 Å². The number of amides is 3. The topological polar surface area (TPSA) is 70.2 Å². The summed E-state index contributed by atoms with van der Waals surface area (Å²) in [5.74, 6) is -0.674. The van der Waals surface area contributed by atoms with E-state index in [0.717, 1.165) is 0 Å². The summed E-state index contributed by atoms with van der Waals surface area (Å²) in [4.78, 5) is 24.5. The van der Waals surface area contributed by atoms with Crippen molar-refractivity contribution >= 4 is 17.6 Å². The van der Waals surface area contributed by atoms with E-state index in [1.165, 1.54) is 6.07 Å². The Hall–Kier alpha value is -2.89. The monoisotopic (exact) mass is 357 g/mol. The van der Waals surface area contributed by atoms with Crippen LogP contribution >= 0.6 is 0 Å². The highest BCUT2D eigenvalue weighted by Crippen LogP contribution is 2.08. The third-order valence-corrected chi connectivity index (χ3v) is 3.92. The molecule has 138 valence electrons. The van der Waals surface area contributed by atoms with E-state index in [-0.39, 0.29) is 17.6 Å². The second-order valence-electron chi connectivity index (χ2n) is 6.32. The van der Waals surface area contributed by atoms with Crippen molar-refractivity contribution in [3.8, 4) is 0 Å². The Bertz CT molecular complexity index is 735. The fraction of sp³-hybridized carbons (Fsp3) is 0.300. The van der Waals surface area contributed by atoms with Crippen molar-refractivity contribution in [2.45, 2.75) is 26.3 Å². The highest BCUT2D eigenvalue weighted by Gasteiger charge is 2.23. The van der Waals surface area contributed by atoms with Crippen LogP contribution in [0.4, 0.5) is 14.9 Å². The van der Waals surface area contributed by atoms with E-state index in [1.54, 1.807) is 30.3 Å². The fourth-order valence-electron chi connectivity index (χ4n) is 2.50. The number of carbonyl (C=O) groups is 2. The maximum atomic E-state index is 13.6. The quantitative estimate of drug-likeness (QED) is 0.711. The maximum absolute atomic E-state index is 13.6. The summed E-state index contributed by atoms with van der Waals surface area (Å²) in [5.41, 5.74) is 1.19. The van der Waals surface area contributed by atoms with Gasteiger partial charge in [0.25, 0.3) is 0 Å². The zero-order valence-electron chi connectivity index (χ0n) is 15.0. The molecule has 26 heavy (non-hydrogen) atoms. The van der Waals surface area contributed by atoms with Gasteiger partial charge in [0.15, 0.2) is 0 Å². The van der Waals surface area contributed by atoms with Crippen LogP contribution in [0.15, 0.2) is 54.6 Å². The average molecular weight is 357 g/mol. The van der Waals surface area contributed by atoms with Crippen LogP contribution in [-0.2, 0) is 11.2 Å². The number of para-hydroxylation sites is 1. The first kappa shape index (κ1) is 19.4. The Morgan fingerprint density at radius 2 is 1.65 bits per heavy atom. The molecule has 1 unspecified atom stereocenters. The molecule has 1 atom stereocenters. The molecular formula is C20H24FN3O2. The molecule has 0 aliphatic heterocycles. The van der Waals surface area contributed by atoms with Crippen molar-refractivity contribution in [2.24, 2.45) is 5.92 Å². The van der Waals surface area contributed by atoms with Gasteiger partial charge < -0.3 is 16.0 Å². The molecule has 3 amide bonds. The zero-order valence-corrected chi connectivity index (χ0v) is 15.0. The molecule has 0 saturated heterocycles. The molecule has 0 aromatic heterocycles. The summed E-state index contributed by atoms with van der Waals surface area (Å²) in [6.45, 7) is 4.00. The Balaban J connectivity index is 1.86. The van der Waals surface area contributed by atoms with Crippen molar-refractivity contribution in [1.82, 2.24) is 10.6 Å². The van der Waals surface area contributed by atoms with Crippen LogP contribution in [0.2, 0.25) is 0 Å². The lowest BCUT2D eigenvalue weighted by Gasteiger charge is -2.22. The summed E-state index contributed by atoms with van der Waals surface area (Å²) < 4.78 is 13.6. The SMILES string of the molecule is CC(C)C(NC(=O)Nc1ccccc1)C(=O)NCCc1ccccc1F. The average Bonchev–Trinajstić information content (AvgIpc) is 2.62. The van der Waals surface area contributed by atoms with Crippen molar-refractivity contribution in [1.29, 1.82) is 0 Å². The molecular weight excluding hydrogens is 333 g/mol. The molecule has 6 heteroatoms. The minimum absolute atomic E-state index is 0.0926. The van der Waals surface area contributed by atoms with Crippen LogP contribution in [0.5, 0.6) is 0 Å². The largest absolute Gasteiger partial charge is 0.354 e. The lowest BCUT2D eigenvalue weighted by atomic mass is 10.0. The second kappa shape index (κ2) is 9.56. The number of hydrogen-bond donors (Lipinski definition) is 3. The van der Waals surface area contributed by atoms with E-state index >= 15 is 0 Å². The van der Waals surface area contributed by atoms with Gasteiger partial charge in [-0.05, 0) is 36.1 Å². The lowest BCUT2D eigenvalue weighted by molar-refractivity contribution is -0.123. The molecule has 5 nitrogen and oxygen atoms in total. The van der Waals surface area contributed by atoms with Gasteiger partial charge in [-0.3, -0.25) is 4.79 Å². The molecule has 3 N–H and O–H groups in total. The van der Waals surface area contributed by atoms with Crippen LogP contribution < -0.4 is 16.0 Å². The first-order chi connectivity index (χ1) is 12.5. The number of anilines is 1. The number of nitrogens with one attached hydrogen (secondary N) is 3. The van der Waals surface area contributed by atoms with Gasteiger partial charge >= 0.3 is 6.03 Å². The number of urea groups is 1. The van der Waals surface area contributed by atoms with E-state index < -0.39 is 12.1 Å². The third-order valence-electron chi connectivity index (χ3n) is 3.92. The minimum Gasteiger partial charge on any atom is -0.354 e. The van der Waals surface area contributed by atoms with Crippen molar-refractivity contribution < 1.29 is 14.0 Å². The van der Waals surface area contributed by atoms with Crippen LogP contribution in [0, 0.1) is 11.7 Å². The van der Waals surface area contributed by atoms with Crippen molar-refractivity contribution in [2.75, 3.05) is 11.9 Å². The molecule has 2 aromatic carbocycles. The number of benzene rings is 2. The van der Waals surface area contributed by atoms with Gasteiger partial charge in [-0.15, -0.1) is 0 Å². The summed E-state index contributed by atoms with van der Waals surface area (Å²) in [6, 6.07) is 14.3. The maximum Gasteiger partial charge on any atom is 0.319 e. The molecule has 0 saturated carbocycles. The first-order valence-corrected chi connectivity index (χ1v) is 8.61. The van der Waals surface area contributed by atoms with Crippen LogP contribution in [0.1, 0.15) is 19.4 Å². The highest BCUT2D eigenvalue weighted by atomic mass is 19.1. The molecule has 0 heterocycles. The second-order valence-corrected chi connectivity index (χ2v) is 6.32. The molecule has 2 rings (SSSR count). The standard InChI is InChI=1S/C20H24FN3O2/c1-14(2)18(24-20(26)23-16-9-4-3-5-10-16)19(25)22-13-12-15-8-6-7-11-17(15)21/h3-11,14,18H,12-13H2,1-2H3,(H,22,25)(H2,23,24,26). The van der Waals surface area contributed by atoms with Crippen LogP contribution in [-0.4, -0.2) is 24.5 Å². The summed E-state index contributed by atoms with van der Waals surface area (Å²) in [7, 11) is 0. The van der Waals surface area contributed by atoms with Crippen molar-refractivity contribution in [3.05, 3.63) is 66.0 Å². The number of hydrogen-bond acceptors (Lipinski definition) is 2. The Morgan fingerprint density at radius 1 is 1.00 bits per heavy atom. The first-order valence-electron chi connectivity index (χ1n) is 8.61. The van der Waals surface area contributed by atoms with Gasteiger partial charge in [0.1, 0.15) is 11.9 Å². The number of rotatable bonds is 7. The minimum atomic E-state index is -0.681. The van der Waals surface area contributed by atoms with E-state index in [0.29, 0.717) is 24.2 Å². The molecule has 0 radical (unpaired) electrons. The van der Waals surface area contributed by atoms with Gasteiger partial charge in [-0.2, -0.15) is 0 Å². The Morgan fingerprint density at radius 3 is 2.31 bits per heavy atom. The molecule has 2 aromatic rings. The summed E-state index contributed by atoms with van der Waals surface area (Å²) >= 11 is 0. The van der Waals surface area contributed by atoms with Crippen molar-refractivity contribution in [3.63, 3.8) is 0 Å². The fourth-order valence-corrected chi connectivity index (χ4v) is 2.50. The predicted molar refractivity (Wildman–Crippen MR) is 100 cm³/mol. The molecule has 0 fully saturated rings. The Kier molecular flexibility index (Phi) is 7.14. The third kappa shape index (κ3) is 5.88. The molecule has 0 aliphatic rings. The van der Waals surface area contributed by atoms with E-state index in [2.05, 4.69) is 16.0 Å².